The number of benzene rings is 2. The van der Waals surface area contributed by atoms with E-state index in [1.807, 2.05) is 18.2 Å². The van der Waals surface area contributed by atoms with Crippen LogP contribution in [0.4, 0.5) is 5.69 Å². The van der Waals surface area contributed by atoms with Gasteiger partial charge >= 0.3 is 5.97 Å². The predicted octanol–water partition coefficient (Wildman–Crippen LogP) is 2.30. The lowest BCUT2D eigenvalue weighted by Crippen LogP contribution is -2.37. The topological polar surface area (TPSA) is 94.2 Å². The maximum Gasteiger partial charge on any atom is 0.312 e. The van der Waals surface area contributed by atoms with E-state index in [0.717, 1.165) is 5.56 Å². The second-order valence-corrected chi connectivity index (χ2v) is 7.22. The van der Waals surface area contributed by atoms with Gasteiger partial charge < -0.3 is 24.4 Å². The zero-order valence-corrected chi connectivity index (χ0v) is 17.8. The molecule has 2 amide bonds. The molecule has 1 heterocycles. The first kappa shape index (κ1) is 22.1. The third-order valence-corrected chi connectivity index (χ3v) is 5.13. The van der Waals surface area contributed by atoms with E-state index in [1.165, 1.54) is 11.8 Å². The van der Waals surface area contributed by atoms with Crippen molar-refractivity contribution in [2.24, 2.45) is 5.92 Å². The Morgan fingerprint density at radius 3 is 2.65 bits per heavy atom. The summed E-state index contributed by atoms with van der Waals surface area (Å²) in [7, 11) is 3.11. The van der Waals surface area contributed by atoms with E-state index in [1.54, 1.807) is 44.6 Å². The summed E-state index contributed by atoms with van der Waals surface area (Å²) in [5, 5.41) is 2.74. The number of hydrogen-bond acceptors (Lipinski definition) is 6. The van der Waals surface area contributed by atoms with Crippen LogP contribution in [0.1, 0.15) is 18.9 Å². The maximum atomic E-state index is 12.6. The summed E-state index contributed by atoms with van der Waals surface area (Å²) in [6.07, 6.45) is -0.950. The van der Waals surface area contributed by atoms with Gasteiger partial charge in [-0.2, -0.15) is 0 Å². The number of ether oxygens (including phenoxy) is 3. The van der Waals surface area contributed by atoms with Crippen LogP contribution in [0.5, 0.6) is 11.5 Å². The maximum absolute atomic E-state index is 12.6. The summed E-state index contributed by atoms with van der Waals surface area (Å²) in [5.74, 6) is -0.523. The van der Waals surface area contributed by atoms with Gasteiger partial charge in [-0.25, -0.2) is 0 Å². The molecule has 0 bridgehead atoms. The summed E-state index contributed by atoms with van der Waals surface area (Å²) in [4.78, 5) is 38.9. The normalized spacial score (nSPS) is 16.5. The second-order valence-electron chi connectivity index (χ2n) is 7.22. The molecule has 1 saturated heterocycles. The van der Waals surface area contributed by atoms with E-state index < -0.39 is 23.9 Å². The predicted molar refractivity (Wildman–Crippen MR) is 114 cm³/mol. The van der Waals surface area contributed by atoms with Gasteiger partial charge in [0, 0.05) is 36.8 Å². The van der Waals surface area contributed by atoms with Crippen molar-refractivity contribution in [3.8, 4) is 11.5 Å². The molecule has 8 nitrogen and oxygen atoms in total. The van der Waals surface area contributed by atoms with Gasteiger partial charge in [0.2, 0.25) is 5.91 Å². The SMILES string of the molecule is COc1cccc(N2CC(C(=O)OC(C)C(=O)NCc3ccccc3OC)CC2=O)c1. The molecule has 2 unspecified atom stereocenters. The number of esters is 1. The quantitative estimate of drug-likeness (QED) is 0.651. The van der Waals surface area contributed by atoms with Crippen LogP contribution in [0.25, 0.3) is 0 Å². The Morgan fingerprint density at radius 1 is 1.13 bits per heavy atom. The minimum absolute atomic E-state index is 0.0333. The molecule has 31 heavy (non-hydrogen) atoms. The van der Waals surface area contributed by atoms with Crippen LogP contribution in [0.3, 0.4) is 0 Å². The first-order valence-electron chi connectivity index (χ1n) is 9.97. The molecule has 1 aliphatic heterocycles. The molecule has 2 aromatic rings. The summed E-state index contributed by atoms with van der Waals surface area (Å²) < 4.78 is 15.8. The molecule has 2 aromatic carbocycles. The van der Waals surface area contributed by atoms with Crippen molar-refractivity contribution in [1.82, 2.24) is 5.32 Å². The molecule has 0 spiro atoms. The smallest absolute Gasteiger partial charge is 0.312 e. The number of nitrogens with zero attached hydrogens (tertiary/aromatic N) is 1. The fourth-order valence-corrected chi connectivity index (χ4v) is 3.39. The molecule has 1 N–H and O–H groups in total. The van der Waals surface area contributed by atoms with Gasteiger partial charge in [-0.1, -0.05) is 24.3 Å². The van der Waals surface area contributed by atoms with Crippen LogP contribution < -0.4 is 19.7 Å². The van der Waals surface area contributed by atoms with Gasteiger partial charge in [-0.15, -0.1) is 0 Å². The van der Waals surface area contributed by atoms with Crippen LogP contribution in [0.2, 0.25) is 0 Å². The molecule has 0 saturated carbocycles. The van der Waals surface area contributed by atoms with Crippen LogP contribution in [-0.2, 0) is 25.7 Å². The number of hydrogen-bond donors (Lipinski definition) is 1. The molecule has 0 radical (unpaired) electrons. The number of rotatable bonds is 8. The lowest BCUT2D eigenvalue weighted by Gasteiger charge is -2.18. The average Bonchev–Trinajstić information content (AvgIpc) is 3.19. The Kier molecular flexibility index (Phi) is 7.12. The van der Waals surface area contributed by atoms with Gasteiger partial charge in [0.1, 0.15) is 11.5 Å². The molecule has 1 fully saturated rings. The Balaban J connectivity index is 1.54. The second kappa shape index (κ2) is 9.97. The number of carbonyl (C=O) groups is 3. The Hall–Kier alpha value is -3.55. The Bertz CT molecular complexity index is 961. The minimum Gasteiger partial charge on any atom is -0.497 e. The highest BCUT2D eigenvalue weighted by Gasteiger charge is 2.37. The Labute approximate surface area is 181 Å². The Morgan fingerprint density at radius 2 is 1.90 bits per heavy atom. The van der Waals surface area contributed by atoms with Crippen molar-refractivity contribution >= 4 is 23.5 Å². The van der Waals surface area contributed by atoms with E-state index in [4.69, 9.17) is 14.2 Å². The molecule has 164 valence electrons. The lowest BCUT2D eigenvalue weighted by atomic mass is 10.1. The minimum atomic E-state index is -0.983. The van der Waals surface area contributed by atoms with Crippen molar-refractivity contribution in [1.29, 1.82) is 0 Å². The van der Waals surface area contributed by atoms with Gasteiger partial charge in [0.15, 0.2) is 6.10 Å². The molecular weight excluding hydrogens is 400 g/mol. The lowest BCUT2D eigenvalue weighted by molar-refractivity contribution is -0.158. The summed E-state index contributed by atoms with van der Waals surface area (Å²) in [5.41, 5.74) is 1.47. The molecular formula is C23H26N2O6. The highest BCUT2D eigenvalue weighted by molar-refractivity contribution is 5.99. The van der Waals surface area contributed by atoms with Crippen LogP contribution >= 0.6 is 0 Å². The summed E-state index contributed by atoms with van der Waals surface area (Å²) in [6.45, 7) is 1.95. The van der Waals surface area contributed by atoms with E-state index in [0.29, 0.717) is 17.2 Å². The van der Waals surface area contributed by atoms with Crippen molar-refractivity contribution in [3.63, 3.8) is 0 Å². The van der Waals surface area contributed by atoms with Crippen molar-refractivity contribution < 1.29 is 28.6 Å². The molecule has 2 atom stereocenters. The number of anilines is 1. The molecule has 3 rings (SSSR count). The third-order valence-electron chi connectivity index (χ3n) is 5.13. The summed E-state index contributed by atoms with van der Waals surface area (Å²) >= 11 is 0. The first-order valence-corrected chi connectivity index (χ1v) is 9.97. The van der Waals surface area contributed by atoms with Crippen LogP contribution in [0, 0.1) is 5.92 Å². The average molecular weight is 426 g/mol. The molecule has 8 heteroatoms. The van der Waals surface area contributed by atoms with E-state index in [2.05, 4.69) is 5.32 Å². The van der Waals surface area contributed by atoms with Crippen LogP contribution in [0.15, 0.2) is 48.5 Å². The van der Waals surface area contributed by atoms with Gasteiger partial charge in [0.05, 0.1) is 20.1 Å². The van der Waals surface area contributed by atoms with E-state index in [-0.39, 0.29) is 25.4 Å². The number of carbonyl (C=O) groups excluding carboxylic acids is 3. The zero-order chi connectivity index (χ0) is 22.4. The number of nitrogens with one attached hydrogen (secondary N) is 1. The third kappa shape index (κ3) is 5.33. The zero-order valence-electron chi connectivity index (χ0n) is 17.8. The highest BCUT2D eigenvalue weighted by atomic mass is 16.5. The number of methoxy groups -OCH3 is 2. The van der Waals surface area contributed by atoms with Gasteiger partial charge in [-0.05, 0) is 25.1 Å². The number of para-hydroxylation sites is 1. The summed E-state index contributed by atoms with van der Waals surface area (Å²) in [6, 6.07) is 14.4. The number of amides is 2. The van der Waals surface area contributed by atoms with Gasteiger partial charge in [0.25, 0.3) is 5.91 Å². The standard InChI is InChI=1S/C23H26N2O6/c1-15(22(27)24-13-16-7-4-5-10-20(16)30-3)31-23(28)17-11-21(26)25(14-17)18-8-6-9-19(12-18)29-2/h4-10,12,15,17H,11,13-14H2,1-3H3,(H,24,27). The van der Waals surface area contributed by atoms with Crippen molar-refractivity contribution in [2.75, 3.05) is 25.7 Å². The van der Waals surface area contributed by atoms with Gasteiger partial charge in [-0.3, -0.25) is 14.4 Å². The fraction of sp³-hybridized carbons (Fsp3) is 0.348. The molecule has 0 aromatic heterocycles. The fourth-order valence-electron chi connectivity index (χ4n) is 3.39. The van der Waals surface area contributed by atoms with Crippen LogP contribution in [-0.4, -0.2) is 44.7 Å². The molecule has 1 aliphatic rings. The van der Waals surface area contributed by atoms with E-state index in [9.17, 15) is 14.4 Å². The van der Waals surface area contributed by atoms with Crippen molar-refractivity contribution in [2.45, 2.75) is 26.0 Å². The largest absolute Gasteiger partial charge is 0.497 e. The molecule has 0 aliphatic carbocycles. The van der Waals surface area contributed by atoms with E-state index >= 15 is 0 Å². The van der Waals surface area contributed by atoms with Crippen molar-refractivity contribution in [3.05, 3.63) is 54.1 Å². The highest BCUT2D eigenvalue weighted by Crippen LogP contribution is 2.28. The first-order chi connectivity index (χ1) is 14.9. The monoisotopic (exact) mass is 426 g/mol.